The van der Waals surface area contributed by atoms with Gasteiger partial charge in [-0.25, -0.2) is 12.8 Å². The van der Waals surface area contributed by atoms with Crippen molar-refractivity contribution in [2.45, 2.75) is 51.1 Å². The van der Waals surface area contributed by atoms with Gasteiger partial charge in [0.1, 0.15) is 24.2 Å². The first-order valence-corrected chi connectivity index (χ1v) is 14.6. The number of aryl methyl sites for hydroxylation is 1. The summed E-state index contributed by atoms with van der Waals surface area (Å²) in [5.74, 6) is -0.836. The fourth-order valence-corrected chi connectivity index (χ4v) is 5.60. The number of benzene rings is 3. The van der Waals surface area contributed by atoms with E-state index in [4.69, 9.17) is 4.74 Å². The molecule has 0 radical (unpaired) electrons. The molecule has 0 aromatic heterocycles. The lowest BCUT2D eigenvalue weighted by Crippen LogP contribution is -2.52. The van der Waals surface area contributed by atoms with Crippen LogP contribution in [0.15, 0.2) is 77.7 Å². The zero-order valence-corrected chi connectivity index (χ0v) is 24.1. The molecular weight excluding hydrogens is 533 g/mol. The Morgan fingerprint density at radius 1 is 0.950 bits per heavy atom. The van der Waals surface area contributed by atoms with Crippen molar-refractivity contribution in [3.8, 4) is 5.75 Å². The van der Waals surface area contributed by atoms with Crippen LogP contribution in [-0.2, 0) is 26.2 Å². The third kappa shape index (κ3) is 7.59. The topological polar surface area (TPSA) is 96.0 Å². The van der Waals surface area contributed by atoms with Crippen molar-refractivity contribution in [3.63, 3.8) is 0 Å². The van der Waals surface area contributed by atoms with Gasteiger partial charge in [0.2, 0.25) is 11.8 Å². The molecule has 0 fully saturated rings. The van der Waals surface area contributed by atoms with Gasteiger partial charge < -0.3 is 15.0 Å². The summed E-state index contributed by atoms with van der Waals surface area (Å²) in [7, 11) is -2.70. The average Bonchev–Trinajstić information content (AvgIpc) is 2.96. The molecule has 0 saturated carbocycles. The fourth-order valence-electron chi connectivity index (χ4n) is 4.19. The van der Waals surface area contributed by atoms with E-state index < -0.39 is 34.3 Å². The maximum Gasteiger partial charge on any atom is 0.264 e. The standard InChI is InChI=1S/C30H36FN3O5S/c1-5-19-32-30(36)28(6-2)33(20-23-9-11-24(31)12-10-23)29(35)21-34(25-13-7-22(3)8-14-25)40(37,38)27-17-15-26(39-4)16-18-27/h7-18,28H,5-6,19-21H2,1-4H3,(H,32,36). The van der Waals surface area contributed by atoms with Gasteiger partial charge in [-0.2, -0.15) is 0 Å². The van der Waals surface area contributed by atoms with Crippen LogP contribution in [0.3, 0.4) is 0 Å². The van der Waals surface area contributed by atoms with Crippen LogP contribution in [0.5, 0.6) is 5.75 Å². The van der Waals surface area contributed by atoms with E-state index in [9.17, 15) is 22.4 Å². The summed E-state index contributed by atoms with van der Waals surface area (Å²) in [6, 6.07) is 17.5. The molecule has 3 aromatic rings. The van der Waals surface area contributed by atoms with Crippen LogP contribution in [0.4, 0.5) is 10.1 Å². The molecule has 40 heavy (non-hydrogen) atoms. The summed E-state index contributed by atoms with van der Waals surface area (Å²) in [5, 5.41) is 2.84. The summed E-state index contributed by atoms with van der Waals surface area (Å²) >= 11 is 0. The molecule has 1 N–H and O–H groups in total. The molecular formula is C30H36FN3O5S. The van der Waals surface area contributed by atoms with Crippen LogP contribution in [0.2, 0.25) is 0 Å². The second-order valence-corrected chi connectivity index (χ2v) is 11.2. The summed E-state index contributed by atoms with van der Waals surface area (Å²) in [5.41, 5.74) is 1.84. The van der Waals surface area contributed by atoms with E-state index in [-0.39, 0.29) is 17.3 Å². The summed E-state index contributed by atoms with van der Waals surface area (Å²) in [6.07, 6.45) is 1.02. The predicted molar refractivity (Wildman–Crippen MR) is 153 cm³/mol. The molecule has 214 valence electrons. The van der Waals surface area contributed by atoms with E-state index in [0.717, 1.165) is 16.3 Å². The Kier molecular flexibility index (Phi) is 10.7. The van der Waals surface area contributed by atoms with E-state index in [1.807, 2.05) is 13.8 Å². The second-order valence-electron chi connectivity index (χ2n) is 9.39. The number of hydrogen-bond donors (Lipinski definition) is 1. The Balaban J connectivity index is 2.04. The third-order valence-corrected chi connectivity index (χ3v) is 8.24. The van der Waals surface area contributed by atoms with Gasteiger partial charge in [0.15, 0.2) is 0 Å². The Bertz CT molecular complexity index is 1380. The minimum atomic E-state index is -4.19. The molecule has 2 amide bonds. The van der Waals surface area contributed by atoms with Crippen LogP contribution in [0.25, 0.3) is 0 Å². The van der Waals surface area contributed by atoms with Crippen LogP contribution >= 0.6 is 0 Å². The third-order valence-electron chi connectivity index (χ3n) is 6.45. The first-order valence-electron chi connectivity index (χ1n) is 13.2. The van der Waals surface area contributed by atoms with Crippen molar-refractivity contribution >= 4 is 27.5 Å². The first-order chi connectivity index (χ1) is 19.1. The predicted octanol–water partition coefficient (Wildman–Crippen LogP) is 4.67. The van der Waals surface area contributed by atoms with Gasteiger partial charge in [0.25, 0.3) is 10.0 Å². The van der Waals surface area contributed by atoms with Gasteiger partial charge in [-0.1, -0.05) is 43.7 Å². The highest BCUT2D eigenvalue weighted by molar-refractivity contribution is 7.92. The number of amides is 2. The highest BCUT2D eigenvalue weighted by Crippen LogP contribution is 2.26. The Labute approximate surface area is 235 Å². The fraction of sp³-hybridized carbons (Fsp3) is 0.333. The Morgan fingerprint density at radius 3 is 2.12 bits per heavy atom. The summed E-state index contributed by atoms with van der Waals surface area (Å²) in [4.78, 5) is 28.4. The van der Waals surface area contributed by atoms with Crippen LogP contribution in [0.1, 0.15) is 37.8 Å². The van der Waals surface area contributed by atoms with Gasteiger partial charge >= 0.3 is 0 Å². The van der Waals surface area contributed by atoms with Gasteiger partial charge in [0, 0.05) is 13.1 Å². The van der Waals surface area contributed by atoms with E-state index >= 15 is 0 Å². The quantitative estimate of drug-likeness (QED) is 0.323. The summed E-state index contributed by atoms with van der Waals surface area (Å²) < 4.78 is 47.5. The molecule has 1 unspecified atom stereocenters. The lowest BCUT2D eigenvalue weighted by atomic mass is 10.1. The lowest BCUT2D eigenvalue weighted by Gasteiger charge is -2.33. The zero-order chi connectivity index (χ0) is 29.3. The zero-order valence-electron chi connectivity index (χ0n) is 23.3. The number of nitrogens with zero attached hydrogens (tertiary/aromatic N) is 2. The van der Waals surface area contributed by atoms with E-state index in [1.165, 1.54) is 60.5 Å². The monoisotopic (exact) mass is 569 g/mol. The van der Waals surface area contributed by atoms with Gasteiger partial charge in [-0.05, 0) is 73.9 Å². The van der Waals surface area contributed by atoms with E-state index in [1.54, 1.807) is 31.2 Å². The summed E-state index contributed by atoms with van der Waals surface area (Å²) in [6.45, 7) is 5.48. The smallest absolute Gasteiger partial charge is 0.264 e. The number of halogens is 1. The molecule has 0 aliphatic carbocycles. The number of nitrogens with one attached hydrogen (secondary N) is 1. The molecule has 0 aliphatic rings. The number of carbonyl (C=O) groups is 2. The molecule has 1 atom stereocenters. The minimum absolute atomic E-state index is 0.00147. The van der Waals surface area contributed by atoms with Crippen molar-refractivity contribution in [1.29, 1.82) is 0 Å². The average molecular weight is 570 g/mol. The van der Waals surface area contributed by atoms with Crippen LogP contribution in [0, 0.1) is 12.7 Å². The number of sulfonamides is 1. The highest BCUT2D eigenvalue weighted by Gasteiger charge is 2.33. The van der Waals surface area contributed by atoms with Gasteiger partial charge in [-0.15, -0.1) is 0 Å². The first kappa shape index (κ1) is 30.6. The van der Waals surface area contributed by atoms with Gasteiger partial charge in [0.05, 0.1) is 17.7 Å². The SMILES string of the molecule is CCCNC(=O)C(CC)N(Cc1ccc(F)cc1)C(=O)CN(c1ccc(C)cc1)S(=O)(=O)c1ccc(OC)cc1. The van der Waals surface area contributed by atoms with Crippen LogP contribution < -0.4 is 14.4 Å². The van der Waals surface area contributed by atoms with Crippen molar-refractivity contribution in [2.24, 2.45) is 0 Å². The highest BCUT2D eigenvalue weighted by atomic mass is 32.2. The van der Waals surface area contributed by atoms with E-state index in [0.29, 0.717) is 30.0 Å². The minimum Gasteiger partial charge on any atom is -0.497 e. The van der Waals surface area contributed by atoms with Crippen LogP contribution in [-0.4, -0.2) is 51.4 Å². The Morgan fingerprint density at radius 2 is 1.57 bits per heavy atom. The second kappa shape index (κ2) is 13.9. The molecule has 0 bridgehead atoms. The van der Waals surface area contributed by atoms with Crippen molar-refractivity contribution in [2.75, 3.05) is 24.5 Å². The number of anilines is 1. The van der Waals surface area contributed by atoms with Gasteiger partial charge in [-0.3, -0.25) is 13.9 Å². The number of ether oxygens (including phenoxy) is 1. The maximum atomic E-state index is 14.0. The maximum absolute atomic E-state index is 14.0. The van der Waals surface area contributed by atoms with Crippen molar-refractivity contribution in [3.05, 3.63) is 89.7 Å². The number of methoxy groups -OCH3 is 1. The Hall–Kier alpha value is -3.92. The normalized spacial score (nSPS) is 11.9. The molecule has 0 saturated heterocycles. The lowest BCUT2D eigenvalue weighted by molar-refractivity contribution is -0.140. The number of hydrogen-bond acceptors (Lipinski definition) is 5. The van der Waals surface area contributed by atoms with Crippen molar-refractivity contribution < 1.29 is 27.1 Å². The molecule has 10 heteroatoms. The molecule has 3 rings (SSSR count). The molecule has 0 aliphatic heterocycles. The van der Waals surface area contributed by atoms with E-state index in [2.05, 4.69) is 5.32 Å². The largest absolute Gasteiger partial charge is 0.497 e. The molecule has 8 nitrogen and oxygen atoms in total. The van der Waals surface area contributed by atoms with Crippen molar-refractivity contribution in [1.82, 2.24) is 10.2 Å². The number of carbonyl (C=O) groups excluding carboxylic acids is 2. The molecule has 0 spiro atoms. The molecule has 3 aromatic carbocycles. The number of rotatable bonds is 13. The molecule has 0 heterocycles.